The lowest BCUT2D eigenvalue weighted by atomic mass is 9.86. The normalized spacial score (nSPS) is 14.9. The minimum absolute atomic E-state index is 0.0120. The molecule has 2 aromatic rings. The molecule has 1 fully saturated rings. The Morgan fingerprint density at radius 3 is 2.44 bits per heavy atom. The van der Waals surface area contributed by atoms with Gasteiger partial charge in [0, 0.05) is 63.5 Å². The Bertz CT molecular complexity index is 1090. The molecule has 2 N–H and O–H groups in total. The third-order valence-electron chi connectivity index (χ3n) is 6.18. The summed E-state index contributed by atoms with van der Waals surface area (Å²) in [6.07, 6.45) is 0. The Balaban J connectivity index is 1.69. The molecule has 0 saturated carbocycles. The van der Waals surface area contributed by atoms with Gasteiger partial charge in [0.2, 0.25) is 0 Å². The largest absolute Gasteiger partial charge is 0.506 e. The van der Waals surface area contributed by atoms with Crippen molar-refractivity contribution in [2.75, 3.05) is 51.7 Å². The highest BCUT2D eigenvalue weighted by Crippen LogP contribution is 2.35. The number of esters is 2. The van der Waals surface area contributed by atoms with E-state index in [4.69, 9.17) is 21.1 Å². The summed E-state index contributed by atoms with van der Waals surface area (Å²) in [6, 6.07) is 8.52. The fourth-order valence-corrected chi connectivity index (χ4v) is 4.12. The van der Waals surface area contributed by atoms with Crippen LogP contribution in [0.1, 0.15) is 49.2 Å². The molecule has 0 radical (unpaired) electrons. The molecule has 0 bridgehead atoms. The van der Waals surface area contributed by atoms with Crippen LogP contribution in [-0.2, 0) is 21.5 Å². The summed E-state index contributed by atoms with van der Waals surface area (Å²) in [5, 5.41) is 13.9. The molecule has 1 aliphatic rings. The van der Waals surface area contributed by atoms with Gasteiger partial charge in [-0.25, -0.2) is 4.79 Å². The van der Waals surface area contributed by atoms with Crippen molar-refractivity contribution in [1.82, 2.24) is 9.80 Å². The zero-order valence-corrected chi connectivity index (χ0v) is 22.4. The number of nitrogens with one attached hydrogen (secondary N) is 1. The molecular weight excluding hydrogens is 482 g/mol. The molecule has 1 saturated heterocycles. The lowest BCUT2D eigenvalue weighted by Crippen LogP contribution is -2.45. The first-order chi connectivity index (χ1) is 16.9. The Labute approximate surface area is 218 Å². The van der Waals surface area contributed by atoms with Crippen LogP contribution in [0, 0.1) is 0 Å². The van der Waals surface area contributed by atoms with E-state index in [2.05, 4.69) is 42.9 Å². The van der Waals surface area contributed by atoms with E-state index >= 15 is 0 Å². The number of ether oxygens (including phenoxy) is 2. The zero-order chi connectivity index (χ0) is 26.5. The molecule has 3 rings (SSSR count). The van der Waals surface area contributed by atoms with Gasteiger partial charge < -0.3 is 24.8 Å². The Morgan fingerprint density at radius 1 is 1.11 bits per heavy atom. The van der Waals surface area contributed by atoms with Crippen LogP contribution in [0.3, 0.4) is 0 Å². The molecule has 8 nitrogen and oxygen atoms in total. The van der Waals surface area contributed by atoms with Crippen molar-refractivity contribution >= 4 is 29.2 Å². The number of hydrogen-bond acceptors (Lipinski definition) is 8. The third-order valence-corrected chi connectivity index (χ3v) is 6.47. The van der Waals surface area contributed by atoms with Crippen molar-refractivity contribution in [1.29, 1.82) is 0 Å². The number of anilines is 1. The second-order valence-electron chi connectivity index (χ2n) is 10.2. The van der Waals surface area contributed by atoms with E-state index in [0.29, 0.717) is 17.8 Å². The molecule has 36 heavy (non-hydrogen) atoms. The summed E-state index contributed by atoms with van der Waals surface area (Å²) < 4.78 is 10.8. The lowest BCUT2D eigenvalue weighted by Gasteiger charge is -2.32. The maximum atomic E-state index is 12.7. The van der Waals surface area contributed by atoms with Gasteiger partial charge in [-0.2, -0.15) is 0 Å². The van der Waals surface area contributed by atoms with Crippen LogP contribution in [0.15, 0.2) is 30.3 Å². The fraction of sp³-hybridized carbons (Fsp3) is 0.481. The van der Waals surface area contributed by atoms with Gasteiger partial charge in [-0.3, -0.25) is 9.69 Å². The molecule has 9 heteroatoms. The maximum absolute atomic E-state index is 12.7. The van der Waals surface area contributed by atoms with Crippen LogP contribution in [0.5, 0.6) is 11.5 Å². The van der Waals surface area contributed by atoms with Crippen molar-refractivity contribution in [2.45, 2.75) is 39.7 Å². The number of benzene rings is 2. The second kappa shape index (κ2) is 12.0. The minimum Gasteiger partial charge on any atom is -0.506 e. The number of rotatable bonds is 8. The quantitative estimate of drug-likeness (QED) is 0.396. The molecule has 0 atom stereocenters. The average Bonchev–Trinajstić information content (AvgIpc) is 2.80. The monoisotopic (exact) mass is 517 g/mol. The first-order valence-electron chi connectivity index (χ1n) is 12.1. The summed E-state index contributed by atoms with van der Waals surface area (Å²) in [4.78, 5) is 28.9. The van der Waals surface area contributed by atoms with Crippen molar-refractivity contribution < 1.29 is 24.2 Å². The Morgan fingerprint density at radius 2 is 1.81 bits per heavy atom. The van der Waals surface area contributed by atoms with E-state index in [0.717, 1.165) is 31.7 Å². The predicted octanol–water partition coefficient (Wildman–Crippen LogP) is 4.28. The number of piperazine rings is 1. The second-order valence-corrected chi connectivity index (χ2v) is 10.6. The highest BCUT2D eigenvalue weighted by molar-refractivity contribution is 6.32. The van der Waals surface area contributed by atoms with Gasteiger partial charge in [0.15, 0.2) is 0 Å². The zero-order valence-electron chi connectivity index (χ0n) is 21.7. The average molecular weight is 518 g/mol. The first-order valence-corrected chi connectivity index (χ1v) is 12.5. The molecule has 1 heterocycles. The van der Waals surface area contributed by atoms with Crippen LogP contribution >= 0.6 is 11.6 Å². The number of halogens is 1. The number of likely N-dealkylation sites (N-methyl/N-ethyl adjacent to an activating group) is 1. The molecular formula is C27H36ClN3O5. The number of carbonyl (C=O) groups is 2. The highest BCUT2D eigenvalue weighted by atomic mass is 35.5. The van der Waals surface area contributed by atoms with Crippen LogP contribution in [0.25, 0.3) is 0 Å². The predicted molar refractivity (Wildman–Crippen MR) is 141 cm³/mol. The number of phenolic OH excluding ortho intramolecular Hbond substituents is 1. The van der Waals surface area contributed by atoms with E-state index in [1.54, 1.807) is 24.3 Å². The van der Waals surface area contributed by atoms with Gasteiger partial charge in [0.25, 0.3) is 0 Å². The van der Waals surface area contributed by atoms with Crippen LogP contribution in [0.2, 0.25) is 5.02 Å². The summed E-state index contributed by atoms with van der Waals surface area (Å²) in [5.41, 5.74) is 2.28. The standard InChI is InChI=1S/C27H36ClN3O5/c1-18(32)36-24-16-21(29-17-19-14-20(27(2,3)4)15-23(28)25(19)33)6-7-22(24)26(34)35-13-12-31-10-8-30(5)9-11-31/h6-7,14-16,29,33H,8-13,17H2,1-5H3. The molecule has 196 valence electrons. The maximum Gasteiger partial charge on any atom is 0.341 e. The third kappa shape index (κ3) is 7.59. The number of carbonyl (C=O) groups excluding carboxylic acids is 2. The number of hydrogen-bond donors (Lipinski definition) is 2. The smallest absolute Gasteiger partial charge is 0.341 e. The van der Waals surface area contributed by atoms with Gasteiger partial charge in [-0.15, -0.1) is 0 Å². The first kappa shape index (κ1) is 27.8. The van der Waals surface area contributed by atoms with Gasteiger partial charge in [0.05, 0.1) is 5.02 Å². The Kier molecular flexibility index (Phi) is 9.22. The summed E-state index contributed by atoms with van der Waals surface area (Å²) in [5.74, 6) is -0.962. The van der Waals surface area contributed by atoms with Crippen molar-refractivity contribution in [3.05, 3.63) is 52.0 Å². The van der Waals surface area contributed by atoms with Crippen LogP contribution in [0.4, 0.5) is 5.69 Å². The fourth-order valence-electron chi connectivity index (χ4n) is 3.88. The van der Waals surface area contributed by atoms with E-state index in [1.807, 2.05) is 6.07 Å². The number of phenols is 1. The molecule has 2 aromatic carbocycles. The SMILES string of the molecule is CC(=O)Oc1cc(NCc2cc(C(C)(C)C)cc(Cl)c2O)ccc1C(=O)OCCN1CCN(C)CC1. The van der Waals surface area contributed by atoms with Crippen LogP contribution < -0.4 is 10.1 Å². The van der Waals surface area contributed by atoms with Crippen LogP contribution in [-0.4, -0.2) is 73.2 Å². The molecule has 0 spiro atoms. The Hall–Kier alpha value is -2.81. The summed E-state index contributed by atoms with van der Waals surface area (Å²) >= 11 is 6.25. The number of nitrogens with zero attached hydrogens (tertiary/aromatic N) is 2. The van der Waals surface area contributed by atoms with Gasteiger partial charge >= 0.3 is 11.9 Å². The number of aromatic hydroxyl groups is 1. The van der Waals surface area contributed by atoms with E-state index in [1.165, 1.54) is 6.92 Å². The molecule has 0 amide bonds. The molecule has 0 aliphatic carbocycles. The molecule has 0 unspecified atom stereocenters. The summed E-state index contributed by atoms with van der Waals surface area (Å²) in [7, 11) is 2.09. The van der Waals surface area contributed by atoms with E-state index in [-0.39, 0.29) is 40.7 Å². The van der Waals surface area contributed by atoms with E-state index < -0.39 is 11.9 Å². The van der Waals surface area contributed by atoms with Crippen molar-refractivity contribution in [3.63, 3.8) is 0 Å². The minimum atomic E-state index is -0.547. The van der Waals surface area contributed by atoms with Gasteiger partial charge in [-0.1, -0.05) is 32.4 Å². The highest BCUT2D eigenvalue weighted by Gasteiger charge is 2.20. The van der Waals surface area contributed by atoms with Gasteiger partial charge in [-0.05, 0) is 42.3 Å². The molecule has 0 aromatic heterocycles. The molecule has 1 aliphatic heterocycles. The van der Waals surface area contributed by atoms with Gasteiger partial charge in [0.1, 0.15) is 23.7 Å². The van der Waals surface area contributed by atoms with Crippen molar-refractivity contribution in [2.24, 2.45) is 0 Å². The summed E-state index contributed by atoms with van der Waals surface area (Å²) in [6.45, 7) is 12.5. The van der Waals surface area contributed by atoms with E-state index in [9.17, 15) is 14.7 Å². The van der Waals surface area contributed by atoms with Crippen molar-refractivity contribution in [3.8, 4) is 11.5 Å². The lowest BCUT2D eigenvalue weighted by molar-refractivity contribution is -0.131. The topological polar surface area (TPSA) is 91.3 Å².